The Bertz CT molecular complexity index is 368. The molecule has 92 valence electrons. The van der Waals surface area contributed by atoms with E-state index in [9.17, 15) is 0 Å². The molecule has 0 fully saturated rings. The van der Waals surface area contributed by atoms with Crippen LogP contribution in [-0.4, -0.2) is 6.10 Å². The lowest BCUT2D eigenvalue weighted by atomic mass is 10.0. The van der Waals surface area contributed by atoms with Crippen molar-refractivity contribution in [1.82, 2.24) is 0 Å². The molecule has 2 rings (SSSR count). The third-order valence-electron chi connectivity index (χ3n) is 3.28. The van der Waals surface area contributed by atoms with E-state index in [2.05, 4.69) is 37.3 Å². The second kappa shape index (κ2) is 6.48. The van der Waals surface area contributed by atoms with Gasteiger partial charge in [-0.1, -0.05) is 56.9 Å². The minimum atomic E-state index is 0.284. The fraction of sp³-hybridized carbons (Fsp3) is 0.500. The zero-order chi connectivity index (χ0) is 11.9. The van der Waals surface area contributed by atoms with Crippen molar-refractivity contribution in [3.63, 3.8) is 0 Å². The largest absolute Gasteiger partial charge is 0.486 e. The summed E-state index contributed by atoms with van der Waals surface area (Å²) < 4.78 is 5.95. The minimum absolute atomic E-state index is 0.284. The van der Waals surface area contributed by atoms with E-state index in [-0.39, 0.29) is 6.10 Å². The Kier molecular flexibility index (Phi) is 4.66. The summed E-state index contributed by atoms with van der Waals surface area (Å²) in [5.74, 6) is 1.04. The first-order valence-corrected chi connectivity index (χ1v) is 6.84. The van der Waals surface area contributed by atoms with Crippen molar-refractivity contribution in [2.75, 3.05) is 0 Å². The van der Waals surface area contributed by atoms with Crippen LogP contribution in [0.15, 0.2) is 30.3 Å². The molecule has 0 N–H and O–H groups in total. The lowest BCUT2D eigenvalue weighted by molar-refractivity contribution is 0.230. The van der Waals surface area contributed by atoms with E-state index < -0.39 is 0 Å². The van der Waals surface area contributed by atoms with Gasteiger partial charge in [0.25, 0.3) is 0 Å². The first kappa shape index (κ1) is 12.2. The summed E-state index contributed by atoms with van der Waals surface area (Å²) in [6.45, 7) is 2.25. The number of unbranched alkanes of at least 4 members (excludes halogenated alkanes) is 4. The Balaban J connectivity index is 1.75. The topological polar surface area (TPSA) is 9.23 Å². The molecule has 0 saturated carbocycles. The number of hydrogen-bond donors (Lipinski definition) is 0. The molecule has 1 aromatic rings. The third-order valence-corrected chi connectivity index (χ3v) is 3.28. The highest BCUT2D eigenvalue weighted by Crippen LogP contribution is 2.27. The Labute approximate surface area is 104 Å². The maximum Gasteiger partial charge on any atom is 0.127 e. The predicted molar refractivity (Wildman–Crippen MR) is 73.3 cm³/mol. The Morgan fingerprint density at radius 3 is 2.76 bits per heavy atom. The van der Waals surface area contributed by atoms with E-state index in [4.69, 9.17) is 4.74 Å². The van der Waals surface area contributed by atoms with Crippen LogP contribution in [0.4, 0.5) is 0 Å². The van der Waals surface area contributed by atoms with Gasteiger partial charge >= 0.3 is 0 Å². The van der Waals surface area contributed by atoms with Crippen molar-refractivity contribution in [1.29, 1.82) is 0 Å². The summed E-state index contributed by atoms with van der Waals surface area (Å²) in [7, 11) is 0. The molecule has 1 nitrogen and oxygen atoms in total. The molecule has 1 heteroatoms. The van der Waals surface area contributed by atoms with E-state index in [1.165, 1.54) is 37.7 Å². The Morgan fingerprint density at radius 2 is 1.88 bits per heavy atom. The van der Waals surface area contributed by atoms with Crippen molar-refractivity contribution in [3.8, 4) is 5.75 Å². The summed E-state index contributed by atoms with van der Waals surface area (Å²) in [5, 5.41) is 0. The molecular formula is C16H22O. The number of rotatable bonds is 6. The SMILES string of the molecule is CCCCCCCC1C=Cc2ccccc2O1. The smallest absolute Gasteiger partial charge is 0.127 e. The van der Waals surface area contributed by atoms with Gasteiger partial charge in [0.05, 0.1) is 0 Å². The van der Waals surface area contributed by atoms with Gasteiger partial charge in [-0.3, -0.25) is 0 Å². The number of fused-ring (bicyclic) bond motifs is 1. The second-order valence-electron chi connectivity index (χ2n) is 4.76. The van der Waals surface area contributed by atoms with Gasteiger partial charge in [0, 0.05) is 5.56 Å². The average molecular weight is 230 g/mol. The summed E-state index contributed by atoms with van der Waals surface area (Å²) in [6, 6.07) is 8.25. The fourth-order valence-electron chi connectivity index (χ4n) is 2.24. The van der Waals surface area contributed by atoms with Gasteiger partial charge in [-0.2, -0.15) is 0 Å². The quantitative estimate of drug-likeness (QED) is 0.636. The molecule has 0 spiro atoms. The molecule has 0 aromatic heterocycles. The summed E-state index contributed by atoms with van der Waals surface area (Å²) in [5.41, 5.74) is 1.20. The molecule has 0 saturated heterocycles. The van der Waals surface area contributed by atoms with Crippen LogP contribution in [0.1, 0.15) is 51.0 Å². The van der Waals surface area contributed by atoms with Crippen LogP contribution >= 0.6 is 0 Å². The standard InChI is InChI=1S/C16H22O/c1-2-3-4-5-6-10-15-13-12-14-9-7-8-11-16(14)17-15/h7-9,11-13,15H,2-6,10H2,1H3. The third kappa shape index (κ3) is 3.62. The summed E-state index contributed by atoms with van der Waals surface area (Å²) >= 11 is 0. The number of ether oxygens (including phenoxy) is 1. The highest BCUT2D eigenvalue weighted by atomic mass is 16.5. The molecule has 1 heterocycles. The average Bonchev–Trinajstić information content (AvgIpc) is 2.38. The Morgan fingerprint density at radius 1 is 1.06 bits per heavy atom. The van der Waals surface area contributed by atoms with Crippen molar-refractivity contribution < 1.29 is 4.74 Å². The molecule has 1 unspecified atom stereocenters. The van der Waals surface area contributed by atoms with Gasteiger partial charge in [0.15, 0.2) is 0 Å². The lowest BCUT2D eigenvalue weighted by Crippen LogP contribution is -2.16. The van der Waals surface area contributed by atoms with Crippen LogP contribution < -0.4 is 4.74 Å². The molecule has 1 atom stereocenters. The first-order chi connectivity index (χ1) is 8.40. The second-order valence-corrected chi connectivity index (χ2v) is 4.76. The van der Waals surface area contributed by atoms with E-state index in [0.717, 1.165) is 12.2 Å². The minimum Gasteiger partial charge on any atom is -0.486 e. The van der Waals surface area contributed by atoms with E-state index in [1.54, 1.807) is 0 Å². The molecular weight excluding hydrogens is 208 g/mol. The molecule has 0 amide bonds. The van der Waals surface area contributed by atoms with E-state index >= 15 is 0 Å². The molecule has 1 aromatic carbocycles. The van der Waals surface area contributed by atoms with Crippen LogP contribution in [0, 0.1) is 0 Å². The normalized spacial score (nSPS) is 17.6. The maximum atomic E-state index is 5.95. The van der Waals surface area contributed by atoms with E-state index in [0.29, 0.717) is 0 Å². The van der Waals surface area contributed by atoms with Gasteiger partial charge < -0.3 is 4.74 Å². The summed E-state index contributed by atoms with van der Waals surface area (Å²) in [4.78, 5) is 0. The van der Waals surface area contributed by atoms with Crippen LogP contribution in [0.3, 0.4) is 0 Å². The maximum absolute atomic E-state index is 5.95. The summed E-state index contributed by atoms with van der Waals surface area (Å²) in [6.07, 6.45) is 12.5. The zero-order valence-electron chi connectivity index (χ0n) is 10.7. The van der Waals surface area contributed by atoms with E-state index in [1.807, 2.05) is 6.07 Å². The fourth-order valence-corrected chi connectivity index (χ4v) is 2.24. The first-order valence-electron chi connectivity index (χ1n) is 6.84. The molecule has 0 aliphatic carbocycles. The molecule has 0 bridgehead atoms. The highest BCUT2D eigenvalue weighted by Gasteiger charge is 2.13. The van der Waals surface area contributed by atoms with Crippen LogP contribution in [0.25, 0.3) is 6.08 Å². The number of hydrogen-bond acceptors (Lipinski definition) is 1. The molecule has 0 radical (unpaired) electrons. The van der Waals surface area contributed by atoms with Crippen molar-refractivity contribution in [3.05, 3.63) is 35.9 Å². The lowest BCUT2D eigenvalue weighted by Gasteiger charge is -2.21. The van der Waals surface area contributed by atoms with Crippen molar-refractivity contribution in [2.45, 2.75) is 51.6 Å². The van der Waals surface area contributed by atoms with Crippen molar-refractivity contribution in [2.24, 2.45) is 0 Å². The van der Waals surface area contributed by atoms with Gasteiger partial charge in [-0.05, 0) is 25.0 Å². The van der Waals surface area contributed by atoms with Gasteiger partial charge in [0.2, 0.25) is 0 Å². The van der Waals surface area contributed by atoms with Crippen LogP contribution in [0.2, 0.25) is 0 Å². The van der Waals surface area contributed by atoms with Crippen LogP contribution in [0.5, 0.6) is 5.75 Å². The molecule has 17 heavy (non-hydrogen) atoms. The number of benzene rings is 1. The van der Waals surface area contributed by atoms with Crippen LogP contribution in [-0.2, 0) is 0 Å². The van der Waals surface area contributed by atoms with Gasteiger partial charge in [0.1, 0.15) is 11.9 Å². The Hall–Kier alpha value is -1.24. The highest BCUT2D eigenvalue weighted by molar-refractivity contribution is 5.59. The van der Waals surface area contributed by atoms with Gasteiger partial charge in [-0.15, -0.1) is 0 Å². The molecule has 1 aliphatic heterocycles. The monoisotopic (exact) mass is 230 g/mol. The molecule has 1 aliphatic rings. The number of para-hydroxylation sites is 1. The van der Waals surface area contributed by atoms with Crippen molar-refractivity contribution >= 4 is 6.08 Å². The van der Waals surface area contributed by atoms with Gasteiger partial charge in [-0.25, -0.2) is 0 Å². The zero-order valence-corrected chi connectivity index (χ0v) is 10.7. The predicted octanol–water partition coefficient (Wildman–Crippen LogP) is 4.82.